The molecule has 0 aromatic carbocycles. The van der Waals surface area contributed by atoms with Crippen molar-refractivity contribution in [3.63, 3.8) is 0 Å². The number of hydrogen-bond acceptors (Lipinski definition) is 1. The monoisotopic (exact) mass is 154 g/mol. The van der Waals surface area contributed by atoms with Gasteiger partial charge in [0, 0.05) is 0 Å². The number of hydrogen-bond donors (Lipinski definition) is 0. The van der Waals surface area contributed by atoms with E-state index in [0.29, 0.717) is 11.5 Å². The summed E-state index contributed by atoms with van der Waals surface area (Å²) in [5.74, 6) is 1.79. The molecule has 0 spiro atoms. The molecule has 1 aliphatic carbocycles. The van der Waals surface area contributed by atoms with Crippen molar-refractivity contribution in [2.24, 2.45) is 17.3 Å². The zero-order valence-electron chi connectivity index (χ0n) is 7.76. The zero-order valence-corrected chi connectivity index (χ0v) is 7.76. The second-order valence-electron chi connectivity index (χ2n) is 5.16. The van der Waals surface area contributed by atoms with Crippen molar-refractivity contribution in [1.29, 1.82) is 0 Å². The molecule has 3 atom stereocenters. The normalized spacial score (nSPS) is 43.4. The third-order valence-electron chi connectivity index (χ3n) is 3.31. The number of ether oxygens (including phenoxy) is 1. The Kier molecular flexibility index (Phi) is 1.54. The van der Waals surface area contributed by atoms with Gasteiger partial charge in [-0.15, -0.1) is 0 Å². The van der Waals surface area contributed by atoms with Crippen LogP contribution in [-0.4, -0.2) is 12.7 Å². The van der Waals surface area contributed by atoms with Crippen LogP contribution in [0.2, 0.25) is 0 Å². The Morgan fingerprint density at radius 3 is 2.18 bits per heavy atom. The van der Waals surface area contributed by atoms with Gasteiger partial charge in [-0.2, -0.15) is 0 Å². The van der Waals surface area contributed by atoms with Crippen LogP contribution in [0.4, 0.5) is 0 Å². The van der Waals surface area contributed by atoms with Crippen molar-refractivity contribution < 1.29 is 4.74 Å². The smallest absolute Gasteiger partial charge is 0.0581 e. The highest BCUT2D eigenvalue weighted by molar-refractivity contribution is 4.94. The summed E-state index contributed by atoms with van der Waals surface area (Å²) < 4.78 is 5.58. The van der Waals surface area contributed by atoms with Gasteiger partial charge < -0.3 is 4.74 Å². The fourth-order valence-electron chi connectivity index (χ4n) is 2.71. The van der Waals surface area contributed by atoms with Crippen molar-refractivity contribution in [2.75, 3.05) is 6.61 Å². The molecule has 0 amide bonds. The van der Waals surface area contributed by atoms with Crippen LogP contribution in [0.25, 0.3) is 0 Å². The third-order valence-corrected chi connectivity index (χ3v) is 3.31. The summed E-state index contributed by atoms with van der Waals surface area (Å²) in [6.45, 7) is 8.11. The lowest BCUT2D eigenvalue weighted by Crippen LogP contribution is -2.29. The van der Waals surface area contributed by atoms with E-state index in [0.717, 1.165) is 18.4 Å². The molecular weight excluding hydrogens is 136 g/mol. The fraction of sp³-hybridized carbons (Fsp3) is 1.00. The van der Waals surface area contributed by atoms with Crippen LogP contribution in [0, 0.1) is 17.3 Å². The van der Waals surface area contributed by atoms with E-state index < -0.39 is 0 Å². The second-order valence-corrected chi connectivity index (χ2v) is 5.16. The predicted octanol–water partition coefficient (Wildman–Crippen LogP) is 2.46. The maximum Gasteiger partial charge on any atom is 0.0581 e. The van der Waals surface area contributed by atoms with Crippen LogP contribution in [0.5, 0.6) is 0 Å². The maximum absolute atomic E-state index is 5.58. The van der Waals surface area contributed by atoms with Gasteiger partial charge in [0.1, 0.15) is 0 Å². The lowest BCUT2D eigenvalue weighted by atomic mass is 9.75. The number of fused-ring (bicyclic) bond motifs is 2. The average Bonchev–Trinajstić information content (AvgIpc) is 2.42. The Balaban J connectivity index is 2.08. The molecule has 1 nitrogen and oxygen atoms in total. The molecule has 2 fully saturated rings. The van der Waals surface area contributed by atoms with Gasteiger partial charge in [-0.3, -0.25) is 0 Å². The molecule has 1 aliphatic heterocycles. The van der Waals surface area contributed by atoms with Gasteiger partial charge in [-0.1, -0.05) is 20.8 Å². The molecule has 3 unspecified atom stereocenters. The van der Waals surface area contributed by atoms with E-state index in [9.17, 15) is 0 Å². The van der Waals surface area contributed by atoms with E-state index in [1.807, 2.05) is 0 Å². The Labute approximate surface area is 69.1 Å². The van der Waals surface area contributed by atoms with Crippen molar-refractivity contribution in [1.82, 2.24) is 0 Å². The SMILES string of the molecule is CC(C)(C)C1CC2CC1CO2. The first-order chi connectivity index (χ1) is 5.07. The van der Waals surface area contributed by atoms with E-state index in [2.05, 4.69) is 20.8 Å². The highest BCUT2D eigenvalue weighted by Crippen LogP contribution is 2.48. The van der Waals surface area contributed by atoms with Crippen LogP contribution >= 0.6 is 0 Å². The Hall–Kier alpha value is -0.0400. The van der Waals surface area contributed by atoms with Crippen LogP contribution in [0.3, 0.4) is 0 Å². The average molecular weight is 154 g/mol. The summed E-state index contributed by atoms with van der Waals surface area (Å²) >= 11 is 0. The molecule has 1 saturated carbocycles. The summed E-state index contributed by atoms with van der Waals surface area (Å²) in [6, 6.07) is 0. The molecule has 2 rings (SSSR count). The molecule has 0 aromatic rings. The largest absolute Gasteiger partial charge is 0.378 e. The molecule has 0 N–H and O–H groups in total. The molecular formula is C10H18O. The van der Waals surface area contributed by atoms with Crippen molar-refractivity contribution in [3.05, 3.63) is 0 Å². The topological polar surface area (TPSA) is 9.23 Å². The van der Waals surface area contributed by atoms with Crippen LogP contribution < -0.4 is 0 Å². The molecule has 0 radical (unpaired) electrons. The fourth-order valence-corrected chi connectivity index (χ4v) is 2.71. The van der Waals surface area contributed by atoms with Gasteiger partial charge in [0.25, 0.3) is 0 Å². The van der Waals surface area contributed by atoms with Crippen LogP contribution in [0.15, 0.2) is 0 Å². The van der Waals surface area contributed by atoms with E-state index >= 15 is 0 Å². The standard InChI is InChI=1S/C10H18O/c1-10(2,3)9-5-8-4-7(9)6-11-8/h7-9H,4-6H2,1-3H3. The highest BCUT2D eigenvalue weighted by atomic mass is 16.5. The van der Waals surface area contributed by atoms with Crippen molar-refractivity contribution in [2.45, 2.75) is 39.7 Å². The van der Waals surface area contributed by atoms with Crippen LogP contribution in [-0.2, 0) is 4.74 Å². The van der Waals surface area contributed by atoms with E-state index in [-0.39, 0.29) is 0 Å². The molecule has 2 aliphatic rings. The van der Waals surface area contributed by atoms with Gasteiger partial charge in [0.2, 0.25) is 0 Å². The molecule has 11 heavy (non-hydrogen) atoms. The molecule has 2 bridgehead atoms. The van der Waals surface area contributed by atoms with Crippen molar-refractivity contribution >= 4 is 0 Å². The lowest BCUT2D eigenvalue weighted by molar-refractivity contribution is 0.0192. The second kappa shape index (κ2) is 2.22. The first kappa shape index (κ1) is 7.60. The minimum Gasteiger partial charge on any atom is -0.378 e. The predicted molar refractivity (Wildman–Crippen MR) is 45.4 cm³/mol. The molecule has 0 aromatic heterocycles. The first-order valence-electron chi connectivity index (χ1n) is 4.69. The minimum absolute atomic E-state index is 0.503. The van der Waals surface area contributed by atoms with E-state index in [4.69, 9.17) is 4.74 Å². The summed E-state index contributed by atoms with van der Waals surface area (Å²) in [5.41, 5.74) is 0.503. The lowest BCUT2D eigenvalue weighted by Gasteiger charge is -2.33. The summed E-state index contributed by atoms with van der Waals surface area (Å²) in [6.07, 6.45) is 3.26. The first-order valence-corrected chi connectivity index (χ1v) is 4.69. The van der Waals surface area contributed by atoms with Gasteiger partial charge in [-0.25, -0.2) is 0 Å². The van der Waals surface area contributed by atoms with E-state index in [1.54, 1.807) is 0 Å². The van der Waals surface area contributed by atoms with Gasteiger partial charge >= 0.3 is 0 Å². The Morgan fingerprint density at radius 2 is 1.91 bits per heavy atom. The highest BCUT2D eigenvalue weighted by Gasteiger charge is 2.45. The summed E-state index contributed by atoms with van der Waals surface area (Å²) in [4.78, 5) is 0. The van der Waals surface area contributed by atoms with Crippen molar-refractivity contribution in [3.8, 4) is 0 Å². The maximum atomic E-state index is 5.58. The minimum atomic E-state index is 0.503. The summed E-state index contributed by atoms with van der Waals surface area (Å²) in [7, 11) is 0. The zero-order chi connectivity index (χ0) is 8.06. The molecule has 1 saturated heterocycles. The quantitative estimate of drug-likeness (QED) is 0.521. The summed E-state index contributed by atoms with van der Waals surface area (Å²) in [5, 5.41) is 0. The molecule has 1 heteroatoms. The van der Waals surface area contributed by atoms with E-state index in [1.165, 1.54) is 12.8 Å². The number of rotatable bonds is 0. The molecule has 1 heterocycles. The van der Waals surface area contributed by atoms with Crippen LogP contribution in [0.1, 0.15) is 33.6 Å². The van der Waals surface area contributed by atoms with Gasteiger partial charge in [0.05, 0.1) is 12.7 Å². The third kappa shape index (κ3) is 1.20. The van der Waals surface area contributed by atoms with Gasteiger partial charge in [0.15, 0.2) is 0 Å². The molecule has 64 valence electrons. The Morgan fingerprint density at radius 1 is 1.18 bits per heavy atom. The van der Waals surface area contributed by atoms with Gasteiger partial charge in [-0.05, 0) is 30.1 Å². The Bertz CT molecular complexity index is 157.